The van der Waals surface area contributed by atoms with E-state index in [4.69, 9.17) is 14.2 Å². The number of nitrogens with one attached hydrogen (secondary N) is 1. The first-order valence-electron chi connectivity index (χ1n) is 8.10. The second-order valence-corrected chi connectivity index (χ2v) is 6.61. The van der Waals surface area contributed by atoms with Crippen molar-refractivity contribution in [3.8, 4) is 11.5 Å². The molecule has 2 aromatic rings. The zero-order valence-corrected chi connectivity index (χ0v) is 15.4. The van der Waals surface area contributed by atoms with E-state index in [-0.39, 0.29) is 5.97 Å². The number of ether oxygens (including phenoxy) is 3. The molecule has 0 atom stereocenters. The van der Waals surface area contributed by atoms with Crippen LogP contribution in [0.4, 0.5) is 5.69 Å². The number of carbonyl (C=O) groups is 1. The zero-order chi connectivity index (χ0) is 18.4. The molecular formula is C20H25NO4. The number of hydrogen-bond donors (Lipinski definition) is 1. The minimum absolute atomic E-state index is 0.323. The van der Waals surface area contributed by atoms with E-state index in [9.17, 15) is 4.79 Å². The minimum atomic E-state index is -0.501. The van der Waals surface area contributed by atoms with Gasteiger partial charge in [0.25, 0.3) is 0 Å². The first-order valence-corrected chi connectivity index (χ1v) is 8.10. The molecule has 0 saturated carbocycles. The standard InChI is InChI=1S/C20H25NO4/c1-20(2,3)25-19(22)14-6-9-16(10-7-14)21-13-15-8-11-17(23-4)12-18(15)24-5/h6-12,21H,13H2,1-5H3. The van der Waals surface area contributed by atoms with Crippen molar-refractivity contribution >= 4 is 11.7 Å². The summed E-state index contributed by atoms with van der Waals surface area (Å²) in [6, 6.07) is 12.9. The van der Waals surface area contributed by atoms with Crippen LogP contribution in [0.2, 0.25) is 0 Å². The number of anilines is 1. The summed E-state index contributed by atoms with van der Waals surface area (Å²) in [5.41, 5.74) is 1.95. The Balaban J connectivity index is 2.01. The van der Waals surface area contributed by atoms with Crippen molar-refractivity contribution in [3.63, 3.8) is 0 Å². The summed E-state index contributed by atoms with van der Waals surface area (Å²) in [5.74, 6) is 1.19. The van der Waals surface area contributed by atoms with E-state index in [2.05, 4.69) is 5.32 Å². The van der Waals surface area contributed by atoms with E-state index in [1.807, 2.05) is 51.1 Å². The third-order valence-corrected chi connectivity index (χ3v) is 3.50. The van der Waals surface area contributed by atoms with E-state index in [1.165, 1.54) is 0 Å². The second-order valence-electron chi connectivity index (χ2n) is 6.61. The third kappa shape index (κ3) is 5.41. The molecule has 2 rings (SSSR count). The summed E-state index contributed by atoms with van der Waals surface area (Å²) < 4.78 is 15.9. The second kappa shape index (κ2) is 7.92. The van der Waals surface area contributed by atoms with Gasteiger partial charge in [0.1, 0.15) is 17.1 Å². The molecule has 0 bridgehead atoms. The zero-order valence-electron chi connectivity index (χ0n) is 15.4. The average Bonchev–Trinajstić information content (AvgIpc) is 2.58. The molecule has 0 aliphatic rings. The molecule has 0 radical (unpaired) electrons. The van der Waals surface area contributed by atoms with Crippen LogP contribution in [-0.2, 0) is 11.3 Å². The number of methoxy groups -OCH3 is 2. The minimum Gasteiger partial charge on any atom is -0.497 e. The van der Waals surface area contributed by atoms with E-state index in [0.29, 0.717) is 12.1 Å². The van der Waals surface area contributed by atoms with Crippen LogP contribution < -0.4 is 14.8 Å². The van der Waals surface area contributed by atoms with Crippen LogP contribution in [0.25, 0.3) is 0 Å². The maximum Gasteiger partial charge on any atom is 0.338 e. The lowest BCUT2D eigenvalue weighted by Crippen LogP contribution is -2.23. The molecule has 0 unspecified atom stereocenters. The van der Waals surface area contributed by atoms with Gasteiger partial charge < -0.3 is 19.5 Å². The number of benzene rings is 2. The smallest absolute Gasteiger partial charge is 0.338 e. The summed E-state index contributed by atoms with van der Waals surface area (Å²) in [4.78, 5) is 12.0. The topological polar surface area (TPSA) is 56.8 Å². The Morgan fingerprint density at radius 2 is 1.68 bits per heavy atom. The highest BCUT2D eigenvalue weighted by Gasteiger charge is 2.17. The summed E-state index contributed by atoms with van der Waals surface area (Å²) in [5, 5.41) is 3.31. The van der Waals surface area contributed by atoms with Crippen LogP contribution >= 0.6 is 0 Å². The predicted molar refractivity (Wildman–Crippen MR) is 98.5 cm³/mol. The van der Waals surface area contributed by atoms with Crippen LogP contribution in [0.15, 0.2) is 42.5 Å². The molecule has 1 N–H and O–H groups in total. The Morgan fingerprint density at radius 3 is 2.24 bits per heavy atom. The van der Waals surface area contributed by atoms with Crippen molar-refractivity contribution in [2.75, 3.05) is 19.5 Å². The number of rotatable bonds is 6. The van der Waals surface area contributed by atoms with E-state index in [0.717, 1.165) is 22.7 Å². The predicted octanol–water partition coefficient (Wildman–Crippen LogP) is 4.27. The maximum absolute atomic E-state index is 12.0. The Kier molecular flexibility index (Phi) is 5.91. The quantitative estimate of drug-likeness (QED) is 0.794. The van der Waals surface area contributed by atoms with Gasteiger partial charge in [0.15, 0.2) is 0 Å². The highest BCUT2D eigenvalue weighted by atomic mass is 16.6. The van der Waals surface area contributed by atoms with Crippen molar-refractivity contribution in [2.45, 2.75) is 32.9 Å². The van der Waals surface area contributed by atoms with Gasteiger partial charge in [-0.25, -0.2) is 4.79 Å². The molecule has 0 aliphatic carbocycles. The summed E-state index contributed by atoms with van der Waals surface area (Å²) in [7, 11) is 3.26. The monoisotopic (exact) mass is 343 g/mol. The Hall–Kier alpha value is -2.69. The molecule has 5 nitrogen and oxygen atoms in total. The fourth-order valence-corrected chi connectivity index (χ4v) is 2.26. The van der Waals surface area contributed by atoms with E-state index >= 15 is 0 Å². The first-order chi connectivity index (χ1) is 11.8. The van der Waals surface area contributed by atoms with Crippen LogP contribution in [0, 0.1) is 0 Å². The number of esters is 1. The SMILES string of the molecule is COc1ccc(CNc2ccc(C(=O)OC(C)(C)C)cc2)c(OC)c1. The molecule has 0 fully saturated rings. The molecule has 0 aromatic heterocycles. The van der Waals surface area contributed by atoms with Gasteiger partial charge in [-0.15, -0.1) is 0 Å². The Bertz CT molecular complexity index is 717. The summed E-state index contributed by atoms with van der Waals surface area (Å²) in [6.07, 6.45) is 0. The number of carbonyl (C=O) groups excluding carboxylic acids is 1. The number of hydrogen-bond acceptors (Lipinski definition) is 5. The lowest BCUT2D eigenvalue weighted by molar-refractivity contribution is 0.00696. The lowest BCUT2D eigenvalue weighted by atomic mass is 10.1. The van der Waals surface area contributed by atoms with Gasteiger partial charge in [0.05, 0.1) is 19.8 Å². The Morgan fingerprint density at radius 1 is 1.00 bits per heavy atom. The van der Waals surface area contributed by atoms with Crippen molar-refractivity contribution in [3.05, 3.63) is 53.6 Å². The van der Waals surface area contributed by atoms with Gasteiger partial charge in [-0.05, 0) is 57.2 Å². The molecule has 0 spiro atoms. The summed E-state index contributed by atoms with van der Waals surface area (Å²) in [6.45, 7) is 6.15. The molecule has 0 aliphatic heterocycles. The molecule has 5 heteroatoms. The first kappa shape index (κ1) is 18.6. The van der Waals surface area contributed by atoms with Gasteiger partial charge in [-0.3, -0.25) is 0 Å². The molecule has 134 valence electrons. The van der Waals surface area contributed by atoms with E-state index in [1.54, 1.807) is 26.4 Å². The van der Waals surface area contributed by atoms with Gasteiger partial charge in [-0.1, -0.05) is 0 Å². The third-order valence-electron chi connectivity index (χ3n) is 3.50. The molecule has 0 saturated heterocycles. The summed E-state index contributed by atoms with van der Waals surface area (Å²) >= 11 is 0. The van der Waals surface area contributed by atoms with Gasteiger partial charge in [-0.2, -0.15) is 0 Å². The van der Waals surface area contributed by atoms with Crippen molar-refractivity contribution in [1.82, 2.24) is 0 Å². The van der Waals surface area contributed by atoms with Gasteiger partial charge in [0, 0.05) is 23.9 Å². The van der Waals surface area contributed by atoms with E-state index < -0.39 is 5.60 Å². The van der Waals surface area contributed by atoms with Crippen molar-refractivity contribution in [1.29, 1.82) is 0 Å². The van der Waals surface area contributed by atoms with Crippen molar-refractivity contribution in [2.24, 2.45) is 0 Å². The lowest BCUT2D eigenvalue weighted by Gasteiger charge is -2.19. The highest BCUT2D eigenvalue weighted by Crippen LogP contribution is 2.25. The molecular weight excluding hydrogens is 318 g/mol. The van der Waals surface area contributed by atoms with Gasteiger partial charge >= 0.3 is 5.97 Å². The van der Waals surface area contributed by atoms with Gasteiger partial charge in [0.2, 0.25) is 0 Å². The van der Waals surface area contributed by atoms with Crippen LogP contribution in [-0.4, -0.2) is 25.8 Å². The molecule has 25 heavy (non-hydrogen) atoms. The average molecular weight is 343 g/mol. The van der Waals surface area contributed by atoms with Crippen LogP contribution in [0.3, 0.4) is 0 Å². The van der Waals surface area contributed by atoms with Crippen molar-refractivity contribution < 1.29 is 19.0 Å². The Labute approximate surface area is 148 Å². The molecule has 2 aromatic carbocycles. The van der Waals surface area contributed by atoms with Crippen LogP contribution in [0.5, 0.6) is 11.5 Å². The molecule has 0 heterocycles. The fourth-order valence-electron chi connectivity index (χ4n) is 2.26. The fraction of sp³-hybridized carbons (Fsp3) is 0.350. The molecule has 0 amide bonds. The largest absolute Gasteiger partial charge is 0.497 e. The van der Waals surface area contributed by atoms with Crippen LogP contribution in [0.1, 0.15) is 36.7 Å². The maximum atomic E-state index is 12.0. The highest BCUT2D eigenvalue weighted by molar-refractivity contribution is 5.90. The normalized spacial score (nSPS) is 10.9.